The van der Waals surface area contributed by atoms with E-state index in [4.69, 9.17) is 0 Å². The molecule has 0 aromatic heterocycles. The van der Waals surface area contributed by atoms with Crippen LogP contribution in [0.5, 0.6) is 0 Å². The summed E-state index contributed by atoms with van der Waals surface area (Å²) in [4.78, 5) is 14.7. The van der Waals surface area contributed by atoms with Gasteiger partial charge >= 0.3 is 0 Å². The van der Waals surface area contributed by atoms with Crippen LogP contribution in [0, 0.1) is 22.7 Å². The van der Waals surface area contributed by atoms with Crippen LogP contribution in [0.15, 0.2) is 0 Å². The molecule has 1 heterocycles. The largest absolute Gasteiger partial charge is 0.342 e. The normalized spacial score (nSPS) is 25.8. The van der Waals surface area contributed by atoms with Crippen LogP contribution in [0.2, 0.25) is 0 Å². The van der Waals surface area contributed by atoms with Crippen molar-refractivity contribution in [3.05, 3.63) is 0 Å². The average molecular weight is 289 g/mol. The zero-order chi connectivity index (χ0) is 13.6. The van der Waals surface area contributed by atoms with Gasteiger partial charge in [-0.25, -0.2) is 0 Å². The van der Waals surface area contributed by atoms with Crippen molar-refractivity contribution in [1.82, 2.24) is 10.2 Å². The number of hydrogen-bond acceptors (Lipinski definition) is 2. The molecule has 4 heteroatoms. The molecular formula is C15H29ClN2O. The highest BCUT2D eigenvalue weighted by atomic mass is 35.5. The molecule has 19 heavy (non-hydrogen) atoms. The van der Waals surface area contributed by atoms with Crippen LogP contribution in [0.4, 0.5) is 0 Å². The van der Waals surface area contributed by atoms with E-state index in [9.17, 15) is 4.79 Å². The van der Waals surface area contributed by atoms with E-state index < -0.39 is 0 Å². The first-order chi connectivity index (χ1) is 8.32. The molecule has 0 radical (unpaired) electrons. The van der Waals surface area contributed by atoms with Crippen LogP contribution in [-0.4, -0.2) is 37.5 Å². The lowest BCUT2D eigenvalue weighted by Crippen LogP contribution is -2.42. The Hall–Kier alpha value is -0.280. The van der Waals surface area contributed by atoms with E-state index >= 15 is 0 Å². The highest BCUT2D eigenvalue weighted by Crippen LogP contribution is 2.68. The molecule has 112 valence electrons. The van der Waals surface area contributed by atoms with Gasteiger partial charge in [0, 0.05) is 19.0 Å². The monoisotopic (exact) mass is 288 g/mol. The topological polar surface area (TPSA) is 32.3 Å². The van der Waals surface area contributed by atoms with Gasteiger partial charge in [0.05, 0.1) is 0 Å². The molecule has 1 aliphatic heterocycles. The van der Waals surface area contributed by atoms with E-state index in [0.29, 0.717) is 5.91 Å². The number of rotatable bonds is 3. The molecule has 1 saturated heterocycles. The van der Waals surface area contributed by atoms with Gasteiger partial charge in [-0.2, -0.15) is 0 Å². The number of carbonyl (C=O) groups is 1. The molecule has 0 spiro atoms. The summed E-state index contributed by atoms with van der Waals surface area (Å²) in [7, 11) is 2.01. The predicted octanol–water partition coefficient (Wildman–Crippen LogP) is 2.55. The highest BCUT2D eigenvalue weighted by Gasteiger charge is 2.68. The second kappa shape index (κ2) is 5.61. The first kappa shape index (κ1) is 16.8. The molecule has 0 atom stereocenters. The molecular weight excluding hydrogens is 260 g/mol. The fraction of sp³-hybridized carbons (Fsp3) is 0.933. The van der Waals surface area contributed by atoms with Crippen LogP contribution >= 0.6 is 12.4 Å². The molecule has 3 nitrogen and oxygen atoms in total. The van der Waals surface area contributed by atoms with Crippen molar-refractivity contribution in [3.8, 4) is 0 Å². The summed E-state index contributed by atoms with van der Waals surface area (Å²) in [6, 6.07) is 0. The minimum Gasteiger partial charge on any atom is -0.342 e. The van der Waals surface area contributed by atoms with Crippen LogP contribution in [0.3, 0.4) is 0 Å². The number of amides is 1. The molecule has 1 aliphatic carbocycles. The van der Waals surface area contributed by atoms with Crippen LogP contribution < -0.4 is 5.32 Å². The Morgan fingerprint density at radius 3 is 2.00 bits per heavy atom. The minimum atomic E-state index is 0. The number of hydrogen-bond donors (Lipinski definition) is 1. The van der Waals surface area contributed by atoms with E-state index in [2.05, 4.69) is 37.9 Å². The molecule has 0 bridgehead atoms. The Morgan fingerprint density at radius 2 is 1.63 bits per heavy atom. The number of nitrogens with one attached hydrogen (secondary N) is 1. The summed E-state index contributed by atoms with van der Waals surface area (Å²) >= 11 is 0. The molecule has 2 aliphatic rings. The number of piperidine rings is 1. The average Bonchev–Trinajstić information content (AvgIpc) is 2.70. The Labute approximate surface area is 123 Å². The van der Waals surface area contributed by atoms with Gasteiger partial charge in [0.2, 0.25) is 5.91 Å². The van der Waals surface area contributed by atoms with Gasteiger partial charge in [-0.1, -0.05) is 27.7 Å². The van der Waals surface area contributed by atoms with Crippen molar-refractivity contribution in [2.45, 2.75) is 40.5 Å². The number of halogens is 1. The molecule has 1 N–H and O–H groups in total. The van der Waals surface area contributed by atoms with Crippen molar-refractivity contribution in [2.24, 2.45) is 22.7 Å². The fourth-order valence-electron chi connectivity index (χ4n) is 3.64. The van der Waals surface area contributed by atoms with Crippen LogP contribution in [-0.2, 0) is 4.79 Å². The van der Waals surface area contributed by atoms with Gasteiger partial charge < -0.3 is 10.2 Å². The fourth-order valence-corrected chi connectivity index (χ4v) is 3.64. The van der Waals surface area contributed by atoms with Crippen LogP contribution in [0.25, 0.3) is 0 Å². The molecule has 0 aromatic rings. The smallest absolute Gasteiger partial charge is 0.226 e. The minimum absolute atomic E-state index is 0. The van der Waals surface area contributed by atoms with Crippen molar-refractivity contribution in [3.63, 3.8) is 0 Å². The van der Waals surface area contributed by atoms with E-state index in [1.165, 1.54) is 0 Å². The molecule has 1 saturated carbocycles. The Balaban J connectivity index is 0.00000180. The third kappa shape index (κ3) is 2.78. The number of nitrogens with zero attached hydrogens (tertiary/aromatic N) is 1. The van der Waals surface area contributed by atoms with E-state index in [-0.39, 0.29) is 29.2 Å². The van der Waals surface area contributed by atoms with Crippen molar-refractivity contribution < 1.29 is 4.79 Å². The summed E-state index contributed by atoms with van der Waals surface area (Å²) in [5, 5.41) is 3.24. The quantitative estimate of drug-likeness (QED) is 0.866. The summed E-state index contributed by atoms with van der Waals surface area (Å²) in [5.41, 5.74) is 0.345. The third-order valence-corrected chi connectivity index (χ3v) is 5.69. The van der Waals surface area contributed by atoms with Gasteiger partial charge in [0.25, 0.3) is 0 Å². The van der Waals surface area contributed by atoms with Crippen LogP contribution in [0.1, 0.15) is 40.5 Å². The second-order valence-corrected chi connectivity index (χ2v) is 7.20. The Morgan fingerprint density at radius 1 is 1.16 bits per heavy atom. The Kier molecular flexibility index (Phi) is 4.95. The lowest BCUT2D eigenvalue weighted by molar-refractivity contribution is -0.135. The van der Waals surface area contributed by atoms with Gasteiger partial charge in [0.15, 0.2) is 0 Å². The van der Waals surface area contributed by atoms with E-state index in [1.807, 2.05) is 7.05 Å². The zero-order valence-electron chi connectivity index (χ0n) is 13.0. The molecule has 0 aromatic carbocycles. The highest BCUT2D eigenvalue weighted by molar-refractivity contribution is 5.85. The summed E-state index contributed by atoms with van der Waals surface area (Å²) in [6.07, 6.45) is 2.31. The maximum absolute atomic E-state index is 12.6. The molecule has 0 unspecified atom stereocenters. The van der Waals surface area contributed by atoms with Crippen molar-refractivity contribution in [1.29, 1.82) is 0 Å². The lowest BCUT2D eigenvalue weighted by Gasteiger charge is -2.32. The number of carbonyl (C=O) groups excluding carboxylic acids is 1. The molecule has 2 fully saturated rings. The molecule has 2 rings (SSSR count). The van der Waals surface area contributed by atoms with Gasteiger partial charge in [-0.05, 0) is 43.2 Å². The Bertz CT molecular complexity index is 319. The standard InChI is InChI=1S/C15H28N2O.ClH/c1-14(2)12(15(14,3)4)13(18)17-8-6-11(7-9-17)10-16-5;/h11-12,16H,6-10H2,1-5H3;1H. The van der Waals surface area contributed by atoms with Crippen molar-refractivity contribution >= 4 is 18.3 Å². The summed E-state index contributed by atoms with van der Waals surface area (Å²) in [6.45, 7) is 11.9. The summed E-state index contributed by atoms with van der Waals surface area (Å²) < 4.78 is 0. The SMILES string of the molecule is CNCC1CCN(C(=O)C2C(C)(C)C2(C)C)CC1.Cl. The first-order valence-electron chi connectivity index (χ1n) is 7.25. The zero-order valence-corrected chi connectivity index (χ0v) is 13.8. The van der Waals surface area contributed by atoms with E-state index in [0.717, 1.165) is 38.4 Å². The lowest BCUT2D eigenvalue weighted by atomic mass is 9.96. The van der Waals surface area contributed by atoms with Crippen molar-refractivity contribution in [2.75, 3.05) is 26.7 Å². The maximum Gasteiger partial charge on any atom is 0.226 e. The maximum atomic E-state index is 12.6. The number of likely N-dealkylation sites (tertiary alicyclic amines) is 1. The third-order valence-electron chi connectivity index (χ3n) is 5.69. The van der Waals surface area contributed by atoms with Gasteiger partial charge in [0.1, 0.15) is 0 Å². The molecule has 1 amide bonds. The van der Waals surface area contributed by atoms with Gasteiger partial charge in [-0.15, -0.1) is 12.4 Å². The van der Waals surface area contributed by atoms with E-state index in [1.54, 1.807) is 0 Å². The second-order valence-electron chi connectivity index (χ2n) is 7.20. The first-order valence-corrected chi connectivity index (χ1v) is 7.25. The summed E-state index contributed by atoms with van der Waals surface area (Å²) in [5.74, 6) is 1.37. The van der Waals surface area contributed by atoms with Gasteiger partial charge in [-0.3, -0.25) is 4.79 Å². The predicted molar refractivity (Wildman–Crippen MR) is 81.5 cm³/mol.